The predicted molar refractivity (Wildman–Crippen MR) is 89.6 cm³/mol. The van der Waals surface area contributed by atoms with Crippen LogP contribution in [-0.4, -0.2) is 18.5 Å². The van der Waals surface area contributed by atoms with Gasteiger partial charge in [-0.2, -0.15) is 0 Å². The zero-order chi connectivity index (χ0) is 16.3. The van der Waals surface area contributed by atoms with Crippen LogP contribution in [0.15, 0.2) is 0 Å². The summed E-state index contributed by atoms with van der Waals surface area (Å²) in [5.41, 5.74) is 1.18. The van der Waals surface area contributed by atoms with E-state index in [-0.39, 0.29) is 11.9 Å². The quantitative estimate of drug-likeness (QED) is 0.846. The number of hydrogen-bond donors (Lipinski definition) is 1. The Labute approximate surface area is 136 Å². The molecule has 0 atom stereocenters. The first-order valence-corrected chi connectivity index (χ1v) is 8.79. The molecule has 0 spiro atoms. The fourth-order valence-electron chi connectivity index (χ4n) is 2.43. The number of aryl methyl sites for hydroxylation is 1. The molecule has 122 valence electrons. The van der Waals surface area contributed by atoms with E-state index in [0.717, 1.165) is 37.7 Å². The van der Waals surface area contributed by atoms with Crippen LogP contribution in [0, 0.1) is 5.41 Å². The maximum Gasteiger partial charge on any atom is 0.341 e. The van der Waals surface area contributed by atoms with Crippen molar-refractivity contribution in [1.29, 1.82) is 0 Å². The van der Waals surface area contributed by atoms with Crippen LogP contribution in [0.3, 0.4) is 0 Å². The van der Waals surface area contributed by atoms with E-state index in [1.165, 1.54) is 16.2 Å². The van der Waals surface area contributed by atoms with Crippen LogP contribution in [-0.2, 0) is 22.4 Å². The highest BCUT2D eigenvalue weighted by Gasteiger charge is 2.29. The highest BCUT2D eigenvalue weighted by Crippen LogP contribution is 2.39. The number of nitrogens with one attached hydrogen (secondary N) is 1. The van der Waals surface area contributed by atoms with E-state index in [2.05, 4.69) is 5.32 Å². The number of thiophene rings is 1. The summed E-state index contributed by atoms with van der Waals surface area (Å²) < 4.78 is 5.33. The van der Waals surface area contributed by atoms with E-state index < -0.39 is 5.41 Å². The average Bonchev–Trinajstić information content (AvgIpc) is 2.81. The van der Waals surface area contributed by atoms with Crippen LogP contribution in [0.5, 0.6) is 0 Å². The molecule has 1 N–H and O–H groups in total. The summed E-state index contributed by atoms with van der Waals surface area (Å²) in [5.74, 6) is -0.374. The molecule has 2 rings (SSSR count). The number of rotatable bonds is 4. The first kappa shape index (κ1) is 17.0. The Morgan fingerprint density at radius 1 is 1.23 bits per heavy atom. The van der Waals surface area contributed by atoms with Crippen molar-refractivity contribution in [3.05, 3.63) is 16.0 Å². The van der Waals surface area contributed by atoms with Gasteiger partial charge in [-0.15, -0.1) is 11.3 Å². The lowest BCUT2D eigenvalue weighted by Gasteiger charge is -2.17. The van der Waals surface area contributed by atoms with Crippen LogP contribution in [0.2, 0.25) is 0 Å². The first-order valence-electron chi connectivity index (χ1n) is 7.97. The van der Waals surface area contributed by atoms with E-state index in [1.807, 2.05) is 27.7 Å². The summed E-state index contributed by atoms with van der Waals surface area (Å²) in [6, 6.07) is 0. The lowest BCUT2D eigenvalue weighted by Crippen LogP contribution is -2.28. The smallest absolute Gasteiger partial charge is 0.341 e. The van der Waals surface area contributed by atoms with Crippen LogP contribution < -0.4 is 5.32 Å². The van der Waals surface area contributed by atoms with Crippen LogP contribution >= 0.6 is 11.3 Å². The Bertz CT molecular complexity index is 569. The highest BCUT2D eigenvalue weighted by atomic mass is 32.1. The third kappa shape index (κ3) is 3.69. The molecule has 0 fully saturated rings. The number of carbonyl (C=O) groups excluding carboxylic acids is 2. The van der Waals surface area contributed by atoms with Crippen molar-refractivity contribution in [3.8, 4) is 0 Å². The summed E-state index contributed by atoms with van der Waals surface area (Å²) >= 11 is 1.54. The third-order valence-electron chi connectivity index (χ3n) is 3.72. The van der Waals surface area contributed by atoms with Gasteiger partial charge in [0.1, 0.15) is 5.00 Å². The van der Waals surface area contributed by atoms with Gasteiger partial charge in [0.05, 0.1) is 12.2 Å². The third-order valence-corrected chi connectivity index (χ3v) is 4.93. The summed E-state index contributed by atoms with van der Waals surface area (Å²) in [5, 5.41) is 3.60. The van der Waals surface area contributed by atoms with Crippen molar-refractivity contribution in [2.24, 2.45) is 5.41 Å². The lowest BCUT2D eigenvalue weighted by atomic mass is 9.94. The molecule has 0 unspecified atom stereocenters. The van der Waals surface area contributed by atoms with Crippen molar-refractivity contribution in [3.63, 3.8) is 0 Å². The molecule has 1 aliphatic carbocycles. The molecule has 1 aromatic rings. The van der Waals surface area contributed by atoms with Gasteiger partial charge in [-0.3, -0.25) is 4.79 Å². The molecule has 1 aromatic heterocycles. The molecule has 0 bridgehead atoms. The molecular weight excluding hydrogens is 298 g/mol. The normalized spacial score (nSPS) is 14.4. The maximum absolute atomic E-state index is 12.4. The van der Waals surface area contributed by atoms with Crippen molar-refractivity contribution in [2.75, 3.05) is 11.9 Å². The minimum Gasteiger partial charge on any atom is -0.462 e. The van der Waals surface area contributed by atoms with Gasteiger partial charge in [0, 0.05) is 10.3 Å². The topological polar surface area (TPSA) is 55.4 Å². The molecule has 1 amide bonds. The van der Waals surface area contributed by atoms with Gasteiger partial charge in [-0.25, -0.2) is 4.79 Å². The Balaban J connectivity index is 2.33. The van der Waals surface area contributed by atoms with Crippen molar-refractivity contribution in [2.45, 2.75) is 59.8 Å². The molecule has 0 aliphatic heterocycles. The second-order valence-electron chi connectivity index (χ2n) is 6.76. The Kier molecular flexibility index (Phi) is 5.27. The van der Waals surface area contributed by atoms with Gasteiger partial charge < -0.3 is 10.1 Å². The molecule has 0 radical (unpaired) electrons. The average molecular weight is 323 g/mol. The summed E-state index contributed by atoms with van der Waals surface area (Å²) in [4.78, 5) is 25.9. The van der Waals surface area contributed by atoms with E-state index >= 15 is 0 Å². The van der Waals surface area contributed by atoms with Gasteiger partial charge in [-0.1, -0.05) is 27.7 Å². The molecule has 0 saturated heterocycles. The van der Waals surface area contributed by atoms with Gasteiger partial charge >= 0.3 is 5.97 Å². The number of esters is 1. The number of fused-ring (bicyclic) bond motifs is 1. The van der Waals surface area contributed by atoms with E-state index in [4.69, 9.17) is 4.74 Å². The standard InChI is InChI=1S/C17H25NO3S/c1-5-10-21-15(19)13-11-8-6-7-9-12(11)22-14(13)18-16(20)17(2,3)4/h5-10H2,1-4H3,(H,18,20). The summed E-state index contributed by atoms with van der Waals surface area (Å²) in [7, 11) is 0. The van der Waals surface area contributed by atoms with E-state index in [1.54, 1.807) is 0 Å². The highest BCUT2D eigenvalue weighted by molar-refractivity contribution is 7.17. The zero-order valence-electron chi connectivity index (χ0n) is 13.9. The Morgan fingerprint density at radius 3 is 2.55 bits per heavy atom. The predicted octanol–water partition coefficient (Wildman–Crippen LogP) is 4.18. The zero-order valence-corrected chi connectivity index (χ0v) is 14.7. The lowest BCUT2D eigenvalue weighted by molar-refractivity contribution is -0.123. The largest absolute Gasteiger partial charge is 0.462 e. The Hall–Kier alpha value is -1.36. The molecule has 22 heavy (non-hydrogen) atoms. The fraction of sp³-hybridized carbons (Fsp3) is 0.647. The second kappa shape index (κ2) is 6.82. The maximum atomic E-state index is 12.4. The number of anilines is 1. The summed E-state index contributed by atoms with van der Waals surface area (Å²) in [6.45, 7) is 7.98. The minimum atomic E-state index is -0.491. The molecule has 5 heteroatoms. The minimum absolute atomic E-state index is 0.0735. The fourth-order valence-corrected chi connectivity index (χ4v) is 3.70. The molecule has 0 aromatic carbocycles. The Morgan fingerprint density at radius 2 is 1.91 bits per heavy atom. The first-order chi connectivity index (χ1) is 10.3. The summed E-state index contributed by atoms with van der Waals surface area (Å²) in [6.07, 6.45) is 4.91. The SMILES string of the molecule is CCCOC(=O)c1c(NC(=O)C(C)(C)C)sc2c1CCCC2. The molecule has 0 saturated carbocycles. The van der Waals surface area contributed by atoms with Crippen molar-refractivity contribution < 1.29 is 14.3 Å². The number of carbonyl (C=O) groups is 2. The molecule has 4 nitrogen and oxygen atoms in total. The number of hydrogen-bond acceptors (Lipinski definition) is 4. The van der Waals surface area contributed by atoms with Crippen LogP contribution in [0.25, 0.3) is 0 Å². The van der Waals surface area contributed by atoms with Crippen LogP contribution in [0.1, 0.15) is 67.8 Å². The van der Waals surface area contributed by atoms with Gasteiger partial charge in [-0.05, 0) is 37.7 Å². The monoisotopic (exact) mass is 323 g/mol. The van der Waals surface area contributed by atoms with Crippen LogP contribution in [0.4, 0.5) is 5.00 Å². The van der Waals surface area contributed by atoms with Crippen molar-refractivity contribution >= 4 is 28.2 Å². The number of ether oxygens (including phenoxy) is 1. The number of amides is 1. The molecule has 1 heterocycles. The second-order valence-corrected chi connectivity index (χ2v) is 7.86. The van der Waals surface area contributed by atoms with Gasteiger partial charge in [0.15, 0.2) is 0 Å². The molecular formula is C17H25NO3S. The van der Waals surface area contributed by atoms with E-state index in [9.17, 15) is 9.59 Å². The van der Waals surface area contributed by atoms with Gasteiger partial charge in [0.2, 0.25) is 5.91 Å². The molecule has 1 aliphatic rings. The van der Waals surface area contributed by atoms with Crippen molar-refractivity contribution in [1.82, 2.24) is 0 Å². The van der Waals surface area contributed by atoms with E-state index in [0.29, 0.717) is 17.2 Å². The van der Waals surface area contributed by atoms with Gasteiger partial charge in [0.25, 0.3) is 0 Å².